The van der Waals surface area contributed by atoms with Crippen molar-refractivity contribution in [3.8, 4) is 0 Å². The molecule has 0 aliphatic heterocycles. The summed E-state index contributed by atoms with van der Waals surface area (Å²) in [5.74, 6) is 0. The minimum atomic E-state index is 0.852. The van der Waals surface area contributed by atoms with Gasteiger partial charge in [0.2, 0.25) is 0 Å². The molecule has 3 nitrogen and oxygen atoms in total. The van der Waals surface area contributed by atoms with Gasteiger partial charge in [-0.1, -0.05) is 0 Å². The lowest BCUT2D eigenvalue weighted by molar-refractivity contribution is 1.26. The Labute approximate surface area is 58.7 Å². The van der Waals surface area contributed by atoms with Gasteiger partial charge in [-0.2, -0.15) is 0 Å². The van der Waals surface area contributed by atoms with Crippen LogP contribution in [0.3, 0.4) is 0 Å². The van der Waals surface area contributed by atoms with E-state index in [4.69, 9.17) is 11.5 Å². The Bertz CT molecular complexity index is 283. The highest BCUT2D eigenvalue weighted by atomic mass is 14.6. The molecular formula is C7H9N3. The van der Waals surface area contributed by atoms with Crippen molar-refractivity contribution in [2.24, 2.45) is 11.5 Å². The molecule has 52 valence electrons. The molecule has 1 aromatic heterocycles. The Balaban J connectivity index is 3.53. The summed E-state index contributed by atoms with van der Waals surface area (Å²) < 4.78 is 0. The van der Waals surface area contributed by atoms with Crippen LogP contribution in [0.1, 0.15) is 0 Å². The number of aromatic nitrogens is 1. The Morgan fingerprint density at radius 3 is 2.40 bits per heavy atom. The van der Waals surface area contributed by atoms with Crippen molar-refractivity contribution >= 4 is 12.4 Å². The number of hydrogen-bond acceptors (Lipinski definition) is 3. The Morgan fingerprint density at radius 2 is 1.90 bits per heavy atom. The van der Waals surface area contributed by atoms with Crippen LogP contribution in [0.25, 0.3) is 12.4 Å². The molecule has 0 unspecified atom stereocenters. The highest BCUT2D eigenvalue weighted by Gasteiger charge is 1.79. The Morgan fingerprint density at radius 1 is 1.20 bits per heavy atom. The molecule has 0 amide bonds. The van der Waals surface area contributed by atoms with E-state index in [0.717, 1.165) is 10.4 Å². The largest absolute Gasteiger partial charge is 0.404 e. The van der Waals surface area contributed by atoms with Gasteiger partial charge in [0.15, 0.2) is 0 Å². The molecule has 0 aliphatic rings. The first-order valence-electron chi connectivity index (χ1n) is 2.92. The van der Waals surface area contributed by atoms with Gasteiger partial charge in [-0.15, -0.1) is 0 Å². The number of hydrogen-bond donors (Lipinski definition) is 2. The first kappa shape index (κ1) is 6.61. The predicted octanol–water partition coefficient (Wildman–Crippen LogP) is -1.52. The molecule has 0 aromatic carbocycles. The quantitative estimate of drug-likeness (QED) is 0.454. The van der Waals surface area contributed by atoms with Gasteiger partial charge in [0.25, 0.3) is 0 Å². The van der Waals surface area contributed by atoms with E-state index in [1.54, 1.807) is 18.5 Å². The van der Waals surface area contributed by atoms with Crippen molar-refractivity contribution in [1.29, 1.82) is 0 Å². The summed E-state index contributed by atoms with van der Waals surface area (Å²) in [5, 5.41) is 1.75. The lowest BCUT2D eigenvalue weighted by atomic mass is 10.3. The van der Waals surface area contributed by atoms with E-state index in [2.05, 4.69) is 4.98 Å². The summed E-state index contributed by atoms with van der Waals surface area (Å²) in [6.45, 7) is 0. The molecule has 0 saturated carbocycles. The zero-order chi connectivity index (χ0) is 7.40. The van der Waals surface area contributed by atoms with Crippen molar-refractivity contribution < 1.29 is 0 Å². The van der Waals surface area contributed by atoms with Gasteiger partial charge >= 0.3 is 0 Å². The van der Waals surface area contributed by atoms with E-state index in [-0.39, 0.29) is 0 Å². The van der Waals surface area contributed by atoms with E-state index in [1.165, 1.54) is 12.4 Å². The smallest absolute Gasteiger partial charge is 0.0361 e. The molecule has 0 aliphatic carbocycles. The summed E-state index contributed by atoms with van der Waals surface area (Å²) in [6.07, 6.45) is 6.32. The fourth-order valence-electron chi connectivity index (χ4n) is 0.708. The molecule has 4 N–H and O–H groups in total. The maximum atomic E-state index is 5.30. The normalized spacial score (nSPS) is 14.0. The van der Waals surface area contributed by atoms with Crippen LogP contribution < -0.4 is 21.9 Å². The summed E-state index contributed by atoms with van der Waals surface area (Å²) in [4.78, 5) is 3.88. The summed E-state index contributed by atoms with van der Waals surface area (Å²) in [5.41, 5.74) is 10.6. The predicted molar refractivity (Wildman–Crippen MR) is 40.8 cm³/mol. The summed E-state index contributed by atoms with van der Waals surface area (Å²) in [7, 11) is 0. The zero-order valence-corrected chi connectivity index (χ0v) is 5.49. The number of rotatable bonds is 0. The third kappa shape index (κ3) is 1.07. The van der Waals surface area contributed by atoms with Crippen LogP contribution in [-0.4, -0.2) is 4.98 Å². The van der Waals surface area contributed by atoms with Gasteiger partial charge in [-0.3, -0.25) is 4.98 Å². The van der Waals surface area contributed by atoms with Gasteiger partial charge < -0.3 is 11.5 Å². The van der Waals surface area contributed by atoms with Crippen LogP contribution in [0.4, 0.5) is 0 Å². The SMILES string of the molecule is N/C=c1/ccnc/c1=C/N. The third-order valence-corrected chi connectivity index (χ3v) is 1.25. The second-order valence-corrected chi connectivity index (χ2v) is 1.84. The molecular weight excluding hydrogens is 126 g/mol. The monoisotopic (exact) mass is 135 g/mol. The van der Waals surface area contributed by atoms with Crippen LogP contribution in [0, 0.1) is 0 Å². The highest BCUT2D eigenvalue weighted by molar-refractivity contribution is 5.25. The molecule has 1 heterocycles. The third-order valence-electron chi connectivity index (χ3n) is 1.25. The second kappa shape index (κ2) is 2.87. The summed E-state index contributed by atoms with van der Waals surface area (Å²) in [6, 6.07) is 1.80. The van der Waals surface area contributed by atoms with Crippen molar-refractivity contribution in [1.82, 2.24) is 4.98 Å². The van der Waals surface area contributed by atoms with Crippen molar-refractivity contribution in [3.63, 3.8) is 0 Å². The molecule has 0 radical (unpaired) electrons. The maximum absolute atomic E-state index is 5.30. The molecule has 10 heavy (non-hydrogen) atoms. The second-order valence-electron chi connectivity index (χ2n) is 1.84. The molecule has 0 spiro atoms. The maximum Gasteiger partial charge on any atom is 0.0361 e. The van der Waals surface area contributed by atoms with Crippen molar-refractivity contribution in [3.05, 3.63) is 28.9 Å². The molecule has 3 heteroatoms. The van der Waals surface area contributed by atoms with Gasteiger partial charge in [0.1, 0.15) is 0 Å². The first-order valence-corrected chi connectivity index (χ1v) is 2.92. The van der Waals surface area contributed by atoms with Gasteiger partial charge in [-0.05, 0) is 6.07 Å². The van der Waals surface area contributed by atoms with E-state index >= 15 is 0 Å². The lowest BCUT2D eigenvalue weighted by Crippen LogP contribution is -2.27. The van der Waals surface area contributed by atoms with Crippen molar-refractivity contribution in [2.75, 3.05) is 0 Å². The average Bonchev–Trinajstić information content (AvgIpc) is 2.04. The molecule has 0 saturated heterocycles. The van der Waals surface area contributed by atoms with E-state index in [9.17, 15) is 0 Å². The molecule has 0 atom stereocenters. The van der Waals surface area contributed by atoms with Crippen LogP contribution in [-0.2, 0) is 0 Å². The number of nitrogens with zero attached hydrogens (tertiary/aromatic N) is 1. The van der Waals surface area contributed by atoms with Crippen LogP contribution >= 0.6 is 0 Å². The highest BCUT2D eigenvalue weighted by Crippen LogP contribution is 1.60. The zero-order valence-electron chi connectivity index (χ0n) is 5.49. The Hall–Kier alpha value is -1.51. The van der Waals surface area contributed by atoms with Crippen LogP contribution in [0.2, 0.25) is 0 Å². The lowest BCUT2D eigenvalue weighted by Gasteiger charge is -1.84. The molecule has 1 rings (SSSR count). The molecule has 0 bridgehead atoms. The topological polar surface area (TPSA) is 64.9 Å². The standard InChI is InChI=1S/C7H9N3/c8-3-6-1-2-10-5-7(6)4-9/h1-5H,8-9H2/b6-3-,7-4-. The first-order chi connectivity index (χ1) is 4.88. The Kier molecular flexibility index (Phi) is 1.89. The van der Waals surface area contributed by atoms with E-state index in [0.29, 0.717) is 0 Å². The van der Waals surface area contributed by atoms with Crippen molar-refractivity contribution in [2.45, 2.75) is 0 Å². The molecule has 0 fully saturated rings. The van der Waals surface area contributed by atoms with Gasteiger partial charge in [-0.25, -0.2) is 0 Å². The number of pyridine rings is 1. The fourth-order valence-corrected chi connectivity index (χ4v) is 0.708. The minimum absolute atomic E-state index is 0.852. The minimum Gasteiger partial charge on any atom is -0.404 e. The van der Waals surface area contributed by atoms with Crippen LogP contribution in [0.5, 0.6) is 0 Å². The fraction of sp³-hybridized carbons (Fsp3) is 0. The van der Waals surface area contributed by atoms with Gasteiger partial charge in [0.05, 0.1) is 0 Å². The molecule has 1 aromatic rings. The number of nitrogens with two attached hydrogens (primary N) is 2. The van der Waals surface area contributed by atoms with E-state index in [1.807, 2.05) is 0 Å². The van der Waals surface area contributed by atoms with Crippen LogP contribution in [0.15, 0.2) is 18.5 Å². The average molecular weight is 135 g/mol. The van der Waals surface area contributed by atoms with Gasteiger partial charge in [0, 0.05) is 35.2 Å². The van der Waals surface area contributed by atoms with E-state index < -0.39 is 0 Å². The summed E-state index contributed by atoms with van der Waals surface area (Å²) >= 11 is 0.